The summed E-state index contributed by atoms with van der Waals surface area (Å²) in [6, 6.07) is 12.3. The van der Waals surface area contributed by atoms with Crippen LogP contribution in [0.5, 0.6) is 0 Å². The van der Waals surface area contributed by atoms with Crippen molar-refractivity contribution in [2.75, 3.05) is 25.1 Å². The van der Waals surface area contributed by atoms with Crippen molar-refractivity contribution in [3.63, 3.8) is 0 Å². The summed E-state index contributed by atoms with van der Waals surface area (Å²) < 4.78 is 13.0. The molecule has 2 aromatic rings. The highest BCUT2D eigenvalue weighted by molar-refractivity contribution is 7.98. The predicted molar refractivity (Wildman–Crippen MR) is 126 cm³/mol. The van der Waals surface area contributed by atoms with Crippen molar-refractivity contribution in [1.29, 1.82) is 0 Å². The molecule has 0 aliphatic carbocycles. The number of nitrogens with one attached hydrogen (secondary N) is 2. The molecule has 0 bridgehead atoms. The van der Waals surface area contributed by atoms with Gasteiger partial charge in [-0.3, -0.25) is 14.4 Å². The first-order valence-electron chi connectivity index (χ1n) is 10.5. The number of carbonyl (C=O) groups is 3. The van der Waals surface area contributed by atoms with E-state index in [0.717, 1.165) is 11.1 Å². The van der Waals surface area contributed by atoms with Gasteiger partial charge >= 0.3 is 0 Å². The first-order valence-corrected chi connectivity index (χ1v) is 11.9. The van der Waals surface area contributed by atoms with Gasteiger partial charge in [0.25, 0.3) is 5.91 Å². The van der Waals surface area contributed by atoms with Gasteiger partial charge in [-0.15, -0.1) is 0 Å². The molecule has 0 saturated heterocycles. The Labute approximate surface area is 193 Å². The second-order valence-corrected chi connectivity index (χ2v) is 8.42. The molecule has 0 fully saturated rings. The summed E-state index contributed by atoms with van der Waals surface area (Å²) in [4.78, 5) is 39.7. The number of rotatable bonds is 11. The Bertz CT molecular complexity index is 921. The number of amides is 3. The van der Waals surface area contributed by atoms with Gasteiger partial charge in [0.1, 0.15) is 11.9 Å². The zero-order valence-corrected chi connectivity index (χ0v) is 19.5. The largest absolute Gasteiger partial charge is 0.350 e. The molecule has 0 heterocycles. The number of carbonyl (C=O) groups excluding carboxylic acids is 3. The Morgan fingerprint density at radius 3 is 2.47 bits per heavy atom. The topological polar surface area (TPSA) is 78.5 Å². The molecule has 0 radical (unpaired) electrons. The normalized spacial score (nSPS) is 11.5. The van der Waals surface area contributed by atoms with Crippen molar-refractivity contribution in [3.05, 3.63) is 71.0 Å². The van der Waals surface area contributed by atoms with Gasteiger partial charge in [-0.2, -0.15) is 11.8 Å². The van der Waals surface area contributed by atoms with Gasteiger partial charge in [0.15, 0.2) is 0 Å². The van der Waals surface area contributed by atoms with Crippen LogP contribution in [0.1, 0.15) is 34.8 Å². The molecule has 3 amide bonds. The summed E-state index contributed by atoms with van der Waals surface area (Å²) in [7, 11) is 0. The van der Waals surface area contributed by atoms with Crippen LogP contribution >= 0.6 is 11.8 Å². The molecule has 8 heteroatoms. The van der Waals surface area contributed by atoms with Crippen LogP contribution in [0.25, 0.3) is 0 Å². The van der Waals surface area contributed by atoms with Crippen LogP contribution < -0.4 is 10.6 Å². The fraction of sp³-hybridized carbons (Fsp3) is 0.375. The smallest absolute Gasteiger partial charge is 0.251 e. The SMILES string of the molecule is CCN(CC(=O)NCc1ccc(F)cc1)C(=O)C(CCSC)NC(=O)c1cccc(C)c1. The van der Waals surface area contributed by atoms with E-state index in [1.807, 2.05) is 19.2 Å². The third-order valence-corrected chi connectivity index (χ3v) is 5.57. The lowest BCUT2D eigenvalue weighted by atomic mass is 10.1. The highest BCUT2D eigenvalue weighted by Crippen LogP contribution is 2.09. The van der Waals surface area contributed by atoms with Crippen LogP contribution in [-0.2, 0) is 16.1 Å². The number of thioether (sulfide) groups is 1. The second kappa shape index (κ2) is 12.9. The molecular formula is C24H30FN3O3S. The molecule has 0 saturated carbocycles. The van der Waals surface area contributed by atoms with Crippen LogP contribution in [0, 0.1) is 12.7 Å². The van der Waals surface area contributed by atoms with Crippen molar-refractivity contribution < 1.29 is 18.8 Å². The Morgan fingerprint density at radius 1 is 1.12 bits per heavy atom. The van der Waals surface area contributed by atoms with E-state index >= 15 is 0 Å². The molecule has 1 unspecified atom stereocenters. The van der Waals surface area contributed by atoms with E-state index in [9.17, 15) is 18.8 Å². The Morgan fingerprint density at radius 2 is 1.84 bits per heavy atom. The van der Waals surface area contributed by atoms with Gasteiger partial charge in [0.2, 0.25) is 11.8 Å². The molecular weight excluding hydrogens is 429 g/mol. The monoisotopic (exact) mass is 459 g/mol. The molecule has 0 aliphatic heterocycles. The Balaban J connectivity index is 2.00. The van der Waals surface area contributed by atoms with Gasteiger partial charge in [0.05, 0.1) is 6.54 Å². The quantitative estimate of drug-likeness (QED) is 0.541. The van der Waals surface area contributed by atoms with Gasteiger partial charge < -0.3 is 15.5 Å². The lowest BCUT2D eigenvalue weighted by Gasteiger charge is -2.26. The molecule has 32 heavy (non-hydrogen) atoms. The maximum absolute atomic E-state index is 13.1. The minimum absolute atomic E-state index is 0.118. The van der Waals surface area contributed by atoms with Crippen LogP contribution in [0.4, 0.5) is 4.39 Å². The molecule has 2 rings (SSSR count). The number of likely N-dealkylation sites (N-methyl/N-ethyl adjacent to an activating group) is 1. The van der Waals surface area contributed by atoms with Crippen molar-refractivity contribution in [2.45, 2.75) is 32.9 Å². The lowest BCUT2D eigenvalue weighted by molar-refractivity contribution is -0.137. The molecule has 0 aliphatic rings. The van der Waals surface area contributed by atoms with Crippen LogP contribution in [0.15, 0.2) is 48.5 Å². The number of benzene rings is 2. The Hall–Kier alpha value is -2.87. The molecule has 0 spiro atoms. The third kappa shape index (κ3) is 8.00. The Kier molecular flexibility index (Phi) is 10.2. The van der Waals surface area contributed by atoms with Gasteiger partial charge in [-0.05, 0) is 62.1 Å². The molecule has 6 nitrogen and oxygen atoms in total. The minimum Gasteiger partial charge on any atom is -0.350 e. The van der Waals surface area contributed by atoms with E-state index in [0.29, 0.717) is 24.3 Å². The number of halogens is 1. The first-order chi connectivity index (χ1) is 15.3. The van der Waals surface area contributed by atoms with E-state index in [1.165, 1.54) is 17.0 Å². The van der Waals surface area contributed by atoms with Crippen molar-refractivity contribution >= 4 is 29.5 Å². The summed E-state index contributed by atoms with van der Waals surface area (Å²) in [6.45, 7) is 4.14. The van der Waals surface area contributed by atoms with E-state index in [-0.39, 0.29) is 36.6 Å². The second-order valence-electron chi connectivity index (χ2n) is 7.43. The summed E-state index contributed by atoms with van der Waals surface area (Å²) in [5, 5.41) is 5.58. The third-order valence-electron chi connectivity index (χ3n) is 4.93. The predicted octanol–water partition coefficient (Wildman–Crippen LogP) is 3.15. The van der Waals surface area contributed by atoms with Crippen molar-refractivity contribution in [3.8, 4) is 0 Å². The number of hydrogen-bond donors (Lipinski definition) is 2. The summed E-state index contributed by atoms with van der Waals surface area (Å²) >= 11 is 1.58. The molecule has 1 atom stereocenters. The maximum Gasteiger partial charge on any atom is 0.251 e. The molecule has 172 valence electrons. The van der Waals surface area contributed by atoms with Crippen LogP contribution in [-0.4, -0.2) is 53.8 Å². The van der Waals surface area contributed by atoms with E-state index in [1.54, 1.807) is 49.0 Å². The fourth-order valence-corrected chi connectivity index (χ4v) is 3.59. The zero-order chi connectivity index (χ0) is 23.5. The lowest BCUT2D eigenvalue weighted by Crippen LogP contribution is -2.51. The number of nitrogens with zero attached hydrogens (tertiary/aromatic N) is 1. The molecule has 0 aromatic heterocycles. The van der Waals surface area contributed by atoms with Gasteiger partial charge in [-0.1, -0.05) is 29.8 Å². The summed E-state index contributed by atoms with van der Waals surface area (Å²) in [5.74, 6) is -0.576. The highest BCUT2D eigenvalue weighted by atomic mass is 32.2. The highest BCUT2D eigenvalue weighted by Gasteiger charge is 2.26. The summed E-state index contributed by atoms with van der Waals surface area (Å²) in [6.07, 6.45) is 2.40. The maximum atomic E-state index is 13.1. The van der Waals surface area contributed by atoms with Gasteiger partial charge in [-0.25, -0.2) is 4.39 Å². The zero-order valence-electron chi connectivity index (χ0n) is 18.7. The summed E-state index contributed by atoms with van der Waals surface area (Å²) in [5.41, 5.74) is 2.21. The van der Waals surface area contributed by atoms with Gasteiger partial charge in [0, 0.05) is 18.7 Å². The number of hydrogen-bond acceptors (Lipinski definition) is 4. The fourth-order valence-electron chi connectivity index (χ4n) is 3.12. The molecule has 2 N–H and O–H groups in total. The van der Waals surface area contributed by atoms with Crippen molar-refractivity contribution in [2.24, 2.45) is 0 Å². The molecule has 2 aromatic carbocycles. The average Bonchev–Trinajstić information content (AvgIpc) is 2.79. The van der Waals surface area contributed by atoms with E-state index in [4.69, 9.17) is 0 Å². The first kappa shape index (κ1) is 25.4. The number of aryl methyl sites for hydroxylation is 1. The minimum atomic E-state index is -0.722. The van der Waals surface area contributed by atoms with Crippen LogP contribution in [0.3, 0.4) is 0 Å². The standard InChI is InChI=1S/C24H30FN3O3S/c1-4-28(16-22(29)26-15-18-8-10-20(25)11-9-18)24(31)21(12-13-32-3)27-23(30)19-7-5-6-17(2)14-19/h5-11,14,21H,4,12-13,15-16H2,1-3H3,(H,26,29)(H,27,30). The van der Waals surface area contributed by atoms with E-state index in [2.05, 4.69) is 10.6 Å². The van der Waals surface area contributed by atoms with Crippen LogP contribution in [0.2, 0.25) is 0 Å². The van der Waals surface area contributed by atoms with Crippen molar-refractivity contribution in [1.82, 2.24) is 15.5 Å². The average molecular weight is 460 g/mol. The van der Waals surface area contributed by atoms with E-state index < -0.39 is 6.04 Å².